The maximum absolute atomic E-state index is 12.1. The molecular weight excluding hydrogens is 311 g/mol. The van der Waals surface area contributed by atoms with Crippen molar-refractivity contribution in [2.75, 3.05) is 0 Å². The molecule has 0 fully saturated rings. The van der Waals surface area contributed by atoms with E-state index in [1.165, 1.54) is 12.1 Å². The van der Waals surface area contributed by atoms with E-state index < -0.39 is 23.1 Å². The van der Waals surface area contributed by atoms with Crippen molar-refractivity contribution < 1.29 is 41.4 Å². The number of halogens is 3. The van der Waals surface area contributed by atoms with Gasteiger partial charge in [-0.3, -0.25) is 4.79 Å². The van der Waals surface area contributed by atoms with E-state index in [1.807, 2.05) is 0 Å². The molecule has 1 aromatic carbocycles. The zero-order valence-corrected chi connectivity index (χ0v) is 14.2. The number of benzene rings is 1. The predicted molar refractivity (Wildman–Crippen MR) is 62.2 cm³/mol. The van der Waals surface area contributed by atoms with Gasteiger partial charge in [0.05, 0.1) is 5.41 Å². The van der Waals surface area contributed by atoms with Crippen molar-refractivity contribution in [2.45, 2.75) is 32.0 Å². The van der Waals surface area contributed by atoms with Crippen LogP contribution in [0.1, 0.15) is 31.9 Å². The van der Waals surface area contributed by atoms with Gasteiger partial charge in [0.2, 0.25) is 0 Å². The number of carboxylic acids is 1. The fraction of sp³-hybridized carbons (Fsp3) is 0.462. The molecule has 0 aliphatic rings. The standard InChI is InChI=1S/C8H6F3.C5H10O2.Zn/c1-6-3-2-4-7(5-6)8(9,10)11;1-5(2,3)4(6)7;/h2-5H,1H2;1-3H3,(H,6,7);. The molecule has 1 N–H and O–H groups in total. The summed E-state index contributed by atoms with van der Waals surface area (Å²) in [6.07, 6.45) is -4.20. The summed E-state index contributed by atoms with van der Waals surface area (Å²) in [6.45, 7) is 4.99. The minimum atomic E-state index is -4.20. The third-order valence-corrected chi connectivity index (χ3v) is 3.40. The minimum absolute atomic E-state index is 0.548. The van der Waals surface area contributed by atoms with Crippen molar-refractivity contribution in [3.05, 3.63) is 35.4 Å². The van der Waals surface area contributed by atoms with Crippen LogP contribution in [-0.4, -0.2) is 11.1 Å². The molecule has 0 atom stereocenters. The van der Waals surface area contributed by atoms with Gasteiger partial charge < -0.3 is 5.11 Å². The number of aliphatic carboxylic acids is 1. The monoisotopic (exact) mass is 325 g/mol. The van der Waals surface area contributed by atoms with Crippen LogP contribution in [0.4, 0.5) is 13.2 Å². The number of hydrogen-bond acceptors (Lipinski definition) is 1. The molecule has 0 amide bonds. The molecule has 0 unspecified atom stereocenters. The van der Waals surface area contributed by atoms with E-state index in [0.717, 1.165) is 34.9 Å². The molecule has 0 spiro atoms. The first-order valence-electron chi connectivity index (χ1n) is 5.67. The van der Waals surface area contributed by atoms with Crippen LogP contribution in [0, 0.1) is 5.41 Å². The zero-order chi connectivity index (χ0) is 15.3. The Morgan fingerprint density at radius 3 is 2.05 bits per heavy atom. The van der Waals surface area contributed by atoms with Crippen molar-refractivity contribution in [1.29, 1.82) is 0 Å². The molecule has 103 valence electrons. The van der Waals surface area contributed by atoms with Crippen LogP contribution in [0.5, 0.6) is 0 Å². The molecule has 19 heavy (non-hydrogen) atoms. The van der Waals surface area contributed by atoms with E-state index >= 15 is 0 Å². The van der Waals surface area contributed by atoms with Crippen LogP contribution >= 0.6 is 0 Å². The number of rotatable bonds is 1. The number of hydrogen-bond donors (Lipinski definition) is 1. The molecule has 0 saturated heterocycles. The van der Waals surface area contributed by atoms with Gasteiger partial charge >= 0.3 is 84.0 Å². The molecule has 0 radical (unpaired) electrons. The summed E-state index contributed by atoms with van der Waals surface area (Å²) in [5, 5.41) is 9.00. The van der Waals surface area contributed by atoms with E-state index in [4.69, 9.17) is 5.11 Å². The Labute approximate surface area is 120 Å². The summed E-state index contributed by atoms with van der Waals surface area (Å²) in [4.78, 5) is 10.0. The van der Waals surface area contributed by atoms with Crippen molar-refractivity contribution >= 4 is 5.97 Å². The van der Waals surface area contributed by atoms with Gasteiger partial charge in [-0.25, -0.2) is 0 Å². The molecule has 6 heteroatoms. The molecule has 0 bridgehead atoms. The van der Waals surface area contributed by atoms with Crippen molar-refractivity contribution in [3.63, 3.8) is 0 Å². The van der Waals surface area contributed by atoms with Crippen LogP contribution in [0.3, 0.4) is 0 Å². The van der Waals surface area contributed by atoms with Gasteiger partial charge in [-0.1, -0.05) is 0 Å². The molecule has 0 saturated carbocycles. The van der Waals surface area contributed by atoms with Crippen LogP contribution in [0.25, 0.3) is 0 Å². The number of carboxylic acid groups (broad SMARTS) is 1. The maximum atomic E-state index is 12.1. The molecule has 1 aromatic rings. The normalized spacial score (nSPS) is 11.6. The molecule has 0 aromatic heterocycles. The SMILES string of the molecule is CC(C)(C)C(=O)O.FC(F)(F)c1cccc([CH2][Zn])c1. The average Bonchev–Trinajstić information content (AvgIpc) is 2.27. The molecule has 0 aliphatic carbocycles. The predicted octanol–water partition coefficient (Wildman–Crippen LogP) is 3.87. The summed E-state index contributed by atoms with van der Waals surface area (Å²) in [7, 11) is 0. The Kier molecular flexibility index (Phi) is 6.71. The van der Waals surface area contributed by atoms with Crippen LogP contribution in [0.2, 0.25) is 0 Å². The molecule has 0 aliphatic heterocycles. The summed E-state index contributed by atoms with van der Waals surface area (Å²) in [5.41, 5.74) is -0.363. The molecule has 2 nitrogen and oxygen atoms in total. The summed E-state index contributed by atoms with van der Waals surface area (Å²) in [6, 6.07) is 5.48. The average molecular weight is 327 g/mol. The summed E-state index contributed by atoms with van der Waals surface area (Å²) < 4.78 is 36.3. The first-order valence-corrected chi connectivity index (χ1v) is 7.77. The molecule has 0 heterocycles. The van der Waals surface area contributed by atoms with Crippen LogP contribution in [0.15, 0.2) is 24.3 Å². The van der Waals surface area contributed by atoms with Gasteiger partial charge in [0.1, 0.15) is 0 Å². The summed E-state index contributed by atoms with van der Waals surface area (Å²) >= 11 is 0.987. The van der Waals surface area contributed by atoms with E-state index in [1.54, 1.807) is 26.8 Å². The zero-order valence-electron chi connectivity index (χ0n) is 11.2. The quantitative estimate of drug-likeness (QED) is 0.795. The Hall–Kier alpha value is -0.897. The molecule has 1 rings (SSSR count). The number of carbonyl (C=O) groups is 1. The third kappa shape index (κ3) is 7.31. The van der Waals surface area contributed by atoms with E-state index in [0.29, 0.717) is 0 Å². The Morgan fingerprint density at radius 1 is 1.26 bits per heavy atom. The Bertz CT molecular complexity index is 423. The van der Waals surface area contributed by atoms with Gasteiger partial charge in [0.15, 0.2) is 0 Å². The Morgan fingerprint density at radius 2 is 1.74 bits per heavy atom. The topological polar surface area (TPSA) is 37.3 Å². The second kappa shape index (κ2) is 7.04. The fourth-order valence-corrected chi connectivity index (χ4v) is 1.56. The van der Waals surface area contributed by atoms with Gasteiger partial charge in [-0.05, 0) is 20.8 Å². The van der Waals surface area contributed by atoms with Crippen LogP contribution in [-0.2, 0) is 34.3 Å². The fourth-order valence-electron chi connectivity index (χ4n) is 0.903. The first-order chi connectivity index (χ1) is 8.48. The van der Waals surface area contributed by atoms with Crippen molar-refractivity contribution in [1.82, 2.24) is 0 Å². The second-order valence-electron chi connectivity index (χ2n) is 5.00. The van der Waals surface area contributed by atoms with Gasteiger partial charge in [0, 0.05) is 0 Å². The van der Waals surface area contributed by atoms with Crippen molar-refractivity contribution in [3.8, 4) is 0 Å². The van der Waals surface area contributed by atoms with E-state index in [2.05, 4.69) is 0 Å². The first kappa shape index (κ1) is 18.1. The number of alkyl halides is 3. The van der Waals surface area contributed by atoms with Crippen LogP contribution < -0.4 is 0 Å². The molecular formula is C13H16F3O2Zn. The Balaban J connectivity index is 0.000000399. The summed E-state index contributed by atoms with van der Waals surface area (Å²) in [5.74, 6) is -0.757. The second-order valence-corrected chi connectivity index (χ2v) is 6.05. The van der Waals surface area contributed by atoms with E-state index in [-0.39, 0.29) is 0 Å². The van der Waals surface area contributed by atoms with Gasteiger partial charge in [-0.2, -0.15) is 0 Å². The van der Waals surface area contributed by atoms with Gasteiger partial charge in [-0.15, -0.1) is 0 Å². The van der Waals surface area contributed by atoms with Gasteiger partial charge in [0.25, 0.3) is 0 Å². The van der Waals surface area contributed by atoms with E-state index in [9.17, 15) is 18.0 Å². The van der Waals surface area contributed by atoms with Crippen molar-refractivity contribution in [2.24, 2.45) is 5.41 Å². The third-order valence-electron chi connectivity index (χ3n) is 2.18.